The number of rotatable bonds is 4. The molecule has 2 aliphatic rings. The summed E-state index contributed by atoms with van der Waals surface area (Å²) in [7, 11) is 0. The molecule has 0 spiro atoms. The van der Waals surface area contributed by atoms with Crippen LogP contribution in [0.4, 0.5) is 17.1 Å². The maximum atomic E-state index is 13.6. The molecular weight excluding hydrogens is 400 g/mol. The van der Waals surface area contributed by atoms with Gasteiger partial charge in [0.15, 0.2) is 0 Å². The lowest BCUT2D eigenvalue weighted by Crippen LogP contribution is -2.49. The normalized spacial score (nSPS) is 16.6. The molecule has 6 heteroatoms. The zero-order chi connectivity index (χ0) is 21.9. The Bertz CT molecular complexity index is 1120. The van der Waals surface area contributed by atoms with Gasteiger partial charge in [0.1, 0.15) is 0 Å². The Hall–Kier alpha value is -3.48. The minimum atomic E-state index is -0.196. The van der Waals surface area contributed by atoms with Gasteiger partial charge < -0.3 is 5.32 Å². The molecule has 2 amide bonds. The SMILES string of the molecule is O=C1Nc2ccccc2N(C(=O)CN2CCN(Cc3ccccc3)CC2)c2ccccc21. The van der Waals surface area contributed by atoms with Crippen molar-refractivity contribution in [3.05, 3.63) is 90.0 Å². The number of anilines is 3. The number of hydrogen-bond donors (Lipinski definition) is 1. The molecule has 0 aliphatic carbocycles. The van der Waals surface area contributed by atoms with Gasteiger partial charge in [0, 0.05) is 32.7 Å². The van der Waals surface area contributed by atoms with Crippen LogP contribution in [0.25, 0.3) is 0 Å². The molecule has 2 heterocycles. The molecule has 2 aliphatic heterocycles. The minimum absolute atomic E-state index is 0.0297. The second kappa shape index (κ2) is 8.94. The maximum Gasteiger partial charge on any atom is 0.257 e. The van der Waals surface area contributed by atoms with E-state index in [9.17, 15) is 9.59 Å². The summed E-state index contributed by atoms with van der Waals surface area (Å²) in [4.78, 5) is 32.6. The van der Waals surface area contributed by atoms with Crippen LogP contribution in [-0.2, 0) is 11.3 Å². The number of hydrogen-bond acceptors (Lipinski definition) is 4. The van der Waals surface area contributed by atoms with Crippen LogP contribution in [0.15, 0.2) is 78.9 Å². The number of nitrogens with zero attached hydrogens (tertiary/aromatic N) is 3. The Balaban J connectivity index is 1.32. The lowest BCUT2D eigenvalue weighted by Gasteiger charge is -2.35. The third-order valence-corrected chi connectivity index (χ3v) is 6.10. The summed E-state index contributed by atoms with van der Waals surface area (Å²) in [6, 6.07) is 25.2. The molecule has 1 N–H and O–H groups in total. The van der Waals surface area contributed by atoms with E-state index in [2.05, 4.69) is 39.4 Å². The molecule has 32 heavy (non-hydrogen) atoms. The van der Waals surface area contributed by atoms with Gasteiger partial charge >= 0.3 is 0 Å². The van der Waals surface area contributed by atoms with E-state index in [0.29, 0.717) is 29.2 Å². The summed E-state index contributed by atoms with van der Waals surface area (Å²) in [6.45, 7) is 4.78. The summed E-state index contributed by atoms with van der Waals surface area (Å²) in [5, 5.41) is 2.94. The van der Waals surface area contributed by atoms with Crippen molar-refractivity contribution in [1.82, 2.24) is 9.80 Å². The van der Waals surface area contributed by atoms with Crippen LogP contribution < -0.4 is 10.2 Å². The van der Waals surface area contributed by atoms with E-state index in [1.165, 1.54) is 5.56 Å². The number of carbonyl (C=O) groups is 2. The summed E-state index contributed by atoms with van der Waals surface area (Å²) in [5.74, 6) is -0.226. The average molecular weight is 427 g/mol. The van der Waals surface area contributed by atoms with E-state index >= 15 is 0 Å². The van der Waals surface area contributed by atoms with Crippen molar-refractivity contribution in [1.29, 1.82) is 0 Å². The van der Waals surface area contributed by atoms with Gasteiger partial charge in [-0.15, -0.1) is 0 Å². The summed E-state index contributed by atoms with van der Waals surface area (Å²) in [5.41, 5.74) is 3.80. The highest BCUT2D eigenvalue weighted by molar-refractivity contribution is 6.17. The van der Waals surface area contributed by atoms with Crippen molar-refractivity contribution in [2.45, 2.75) is 6.54 Å². The summed E-state index contributed by atoms with van der Waals surface area (Å²) < 4.78 is 0. The van der Waals surface area contributed by atoms with Crippen molar-refractivity contribution < 1.29 is 9.59 Å². The van der Waals surface area contributed by atoms with Crippen molar-refractivity contribution in [2.75, 3.05) is 42.9 Å². The van der Waals surface area contributed by atoms with Gasteiger partial charge in [-0.05, 0) is 29.8 Å². The first-order chi connectivity index (χ1) is 15.7. The molecule has 0 aromatic heterocycles. The minimum Gasteiger partial charge on any atom is -0.320 e. The Labute approximate surface area is 188 Å². The van der Waals surface area contributed by atoms with Crippen molar-refractivity contribution in [2.24, 2.45) is 0 Å². The van der Waals surface area contributed by atoms with Crippen molar-refractivity contribution >= 4 is 28.9 Å². The highest BCUT2D eigenvalue weighted by Gasteiger charge is 2.30. The lowest BCUT2D eigenvalue weighted by atomic mass is 10.1. The Morgan fingerprint density at radius 3 is 2.16 bits per heavy atom. The molecule has 1 saturated heterocycles. The van der Waals surface area contributed by atoms with Gasteiger partial charge in [-0.1, -0.05) is 54.6 Å². The molecule has 3 aromatic rings. The maximum absolute atomic E-state index is 13.6. The van der Waals surface area contributed by atoms with Crippen LogP contribution in [0.5, 0.6) is 0 Å². The highest BCUT2D eigenvalue weighted by Crippen LogP contribution is 2.37. The molecule has 1 fully saturated rings. The van der Waals surface area contributed by atoms with Crippen LogP contribution in [0.1, 0.15) is 15.9 Å². The van der Waals surface area contributed by atoms with Crippen LogP contribution in [0.2, 0.25) is 0 Å². The highest BCUT2D eigenvalue weighted by atomic mass is 16.2. The van der Waals surface area contributed by atoms with Crippen molar-refractivity contribution in [3.8, 4) is 0 Å². The molecule has 0 bridgehead atoms. The van der Waals surface area contributed by atoms with Gasteiger partial charge in [-0.25, -0.2) is 0 Å². The van der Waals surface area contributed by atoms with E-state index in [4.69, 9.17) is 0 Å². The molecule has 0 unspecified atom stereocenters. The summed E-state index contributed by atoms with van der Waals surface area (Å²) in [6.07, 6.45) is 0. The number of nitrogens with one attached hydrogen (secondary N) is 1. The van der Waals surface area contributed by atoms with Gasteiger partial charge in [0.25, 0.3) is 5.91 Å². The van der Waals surface area contributed by atoms with E-state index in [1.807, 2.05) is 48.5 Å². The second-order valence-electron chi connectivity index (χ2n) is 8.26. The Morgan fingerprint density at radius 1 is 0.750 bits per heavy atom. The predicted molar refractivity (Wildman–Crippen MR) is 126 cm³/mol. The number of amides is 2. The Morgan fingerprint density at radius 2 is 1.38 bits per heavy atom. The van der Waals surface area contributed by atoms with Gasteiger partial charge in [0.2, 0.25) is 5.91 Å². The molecule has 0 atom stereocenters. The van der Waals surface area contributed by atoms with E-state index in [1.54, 1.807) is 11.0 Å². The average Bonchev–Trinajstić information content (AvgIpc) is 2.95. The molecule has 0 saturated carbocycles. The number of benzene rings is 3. The third kappa shape index (κ3) is 4.15. The molecule has 3 aromatic carbocycles. The monoisotopic (exact) mass is 426 g/mol. The van der Waals surface area contributed by atoms with Crippen LogP contribution >= 0.6 is 0 Å². The molecule has 5 rings (SSSR count). The van der Waals surface area contributed by atoms with Gasteiger partial charge in [-0.3, -0.25) is 24.3 Å². The quantitative estimate of drug-likeness (QED) is 0.691. The Kier molecular flexibility index (Phi) is 5.71. The summed E-state index contributed by atoms with van der Waals surface area (Å²) >= 11 is 0. The van der Waals surface area contributed by atoms with Crippen LogP contribution in [0.3, 0.4) is 0 Å². The predicted octanol–water partition coefficient (Wildman–Crippen LogP) is 3.73. The fourth-order valence-corrected chi connectivity index (χ4v) is 4.43. The molecule has 162 valence electrons. The number of carbonyl (C=O) groups excluding carboxylic acids is 2. The number of fused-ring (bicyclic) bond motifs is 2. The fraction of sp³-hybridized carbons (Fsp3) is 0.231. The topological polar surface area (TPSA) is 55.9 Å². The number of piperazine rings is 1. The number of para-hydroxylation sites is 3. The first-order valence-corrected chi connectivity index (χ1v) is 11.0. The first-order valence-electron chi connectivity index (χ1n) is 11.0. The van der Waals surface area contributed by atoms with E-state index in [-0.39, 0.29) is 11.8 Å². The first kappa shape index (κ1) is 20.4. The lowest BCUT2D eigenvalue weighted by molar-refractivity contribution is -0.119. The zero-order valence-corrected chi connectivity index (χ0v) is 17.9. The fourth-order valence-electron chi connectivity index (χ4n) is 4.43. The van der Waals surface area contributed by atoms with Gasteiger partial charge in [0.05, 0.1) is 29.2 Å². The van der Waals surface area contributed by atoms with E-state index in [0.717, 1.165) is 32.7 Å². The largest absolute Gasteiger partial charge is 0.320 e. The third-order valence-electron chi connectivity index (χ3n) is 6.10. The van der Waals surface area contributed by atoms with E-state index < -0.39 is 0 Å². The standard InChI is InChI=1S/C26H26N4O2/c31-25(19-29-16-14-28(15-17-29)18-20-8-2-1-3-9-20)30-23-12-6-4-10-21(23)26(32)27-22-11-5-7-13-24(22)30/h1-13H,14-19H2,(H,27,32). The smallest absolute Gasteiger partial charge is 0.257 e. The van der Waals surface area contributed by atoms with Crippen LogP contribution in [0, 0.1) is 0 Å². The molecule has 6 nitrogen and oxygen atoms in total. The van der Waals surface area contributed by atoms with Gasteiger partial charge in [-0.2, -0.15) is 0 Å². The zero-order valence-electron chi connectivity index (χ0n) is 17.9. The second-order valence-corrected chi connectivity index (χ2v) is 8.26. The molecule has 0 radical (unpaired) electrons. The van der Waals surface area contributed by atoms with Crippen molar-refractivity contribution in [3.63, 3.8) is 0 Å². The van der Waals surface area contributed by atoms with Crippen LogP contribution in [-0.4, -0.2) is 54.3 Å². The molecular formula is C26H26N4O2.